The largest absolute Gasteiger partial charge is 0.472 e. The van der Waals surface area contributed by atoms with Crippen molar-refractivity contribution < 1.29 is 18.7 Å². The number of carbonyl (C=O) groups is 2. The molecule has 0 unspecified atom stereocenters. The van der Waals surface area contributed by atoms with Crippen LogP contribution in [-0.2, 0) is 17.6 Å². The minimum Gasteiger partial charge on any atom is -0.472 e. The lowest BCUT2D eigenvalue weighted by Gasteiger charge is -2.20. The van der Waals surface area contributed by atoms with Crippen molar-refractivity contribution in [3.63, 3.8) is 0 Å². The van der Waals surface area contributed by atoms with Crippen LogP contribution in [0, 0.1) is 5.92 Å². The van der Waals surface area contributed by atoms with Crippen LogP contribution >= 0.6 is 11.3 Å². The van der Waals surface area contributed by atoms with E-state index in [1.165, 1.54) is 16.9 Å². The van der Waals surface area contributed by atoms with Crippen molar-refractivity contribution in [1.29, 1.82) is 0 Å². The number of carbonyl (C=O) groups excluding carboxylic acids is 2. The summed E-state index contributed by atoms with van der Waals surface area (Å²) in [5, 5.41) is 3.66. The van der Waals surface area contributed by atoms with Crippen LogP contribution in [0.1, 0.15) is 50.5 Å². The van der Waals surface area contributed by atoms with Gasteiger partial charge in [-0.15, -0.1) is 0 Å². The van der Waals surface area contributed by atoms with Gasteiger partial charge in [-0.3, -0.25) is 14.6 Å². The lowest BCUT2D eigenvalue weighted by molar-refractivity contribution is 0.0548. The van der Waals surface area contributed by atoms with E-state index in [0.717, 1.165) is 30.5 Å². The van der Waals surface area contributed by atoms with Gasteiger partial charge < -0.3 is 14.5 Å². The van der Waals surface area contributed by atoms with Gasteiger partial charge in [-0.1, -0.05) is 11.3 Å². The predicted molar refractivity (Wildman–Crippen MR) is 117 cm³/mol. The molecule has 0 radical (unpaired) electrons. The van der Waals surface area contributed by atoms with Crippen molar-refractivity contribution in [1.82, 2.24) is 9.97 Å². The molecule has 1 aliphatic heterocycles. The molecule has 3 aromatic heterocycles. The van der Waals surface area contributed by atoms with E-state index in [-0.39, 0.29) is 24.0 Å². The Bertz CT molecular complexity index is 1100. The summed E-state index contributed by atoms with van der Waals surface area (Å²) < 4.78 is 10.6. The van der Waals surface area contributed by atoms with Gasteiger partial charge in [0.1, 0.15) is 4.88 Å². The Kier molecular flexibility index (Phi) is 5.65. The van der Waals surface area contributed by atoms with Gasteiger partial charge in [-0.2, -0.15) is 0 Å². The first-order valence-electron chi connectivity index (χ1n) is 10.6. The second-order valence-corrected chi connectivity index (χ2v) is 8.92. The fraction of sp³-hybridized carbons (Fsp3) is 0.391. The number of hydrogen-bond donors (Lipinski definition) is 1. The first kappa shape index (κ1) is 20.1. The average Bonchev–Trinajstić information content (AvgIpc) is 3.57. The normalized spacial score (nSPS) is 16.3. The Morgan fingerprint density at radius 3 is 2.90 bits per heavy atom. The first-order chi connectivity index (χ1) is 15.2. The molecule has 160 valence electrons. The monoisotopic (exact) mass is 437 g/mol. The van der Waals surface area contributed by atoms with Crippen LogP contribution in [0.5, 0.6) is 0 Å². The lowest BCUT2D eigenvalue weighted by atomic mass is 9.93. The molecule has 0 aromatic carbocycles. The van der Waals surface area contributed by atoms with E-state index in [4.69, 9.17) is 9.15 Å². The molecule has 0 spiro atoms. The molecule has 1 N–H and O–H groups in total. The van der Waals surface area contributed by atoms with Crippen molar-refractivity contribution in [3.05, 3.63) is 52.6 Å². The summed E-state index contributed by atoms with van der Waals surface area (Å²) in [5.74, 6) is -0.0226. The van der Waals surface area contributed by atoms with Crippen LogP contribution in [0.2, 0.25) is 0 Å². The highest BCUT2D eigenvalue weighted by Crippen LogP contribution is 2.35. The number of aromatic nitrogens is 2. The summed E-state index contributed by atoms with van der Waals surface area (Å²) in [6.45, 7) is 1.30. The maximum Gasteiger partial charge on any atom is 0.184 e. The maximum atomic E-state index is 13.2. The topological polar surface area (TPSA) is 94.3 Å². The summed E-state index contributed by atoms with van der Waals surface area (Å²) in [5.41, 5.74) is 4.24. The summed E-state index contributed by atoms with van der Waals surface area (Å²) in [6, 6.07) is 3.75. The third-order valence-electron chi connectivity index (χ3n) is 5.88. The molecule has 0 bridgehead atoms. The van der Waals surface area contributed by atoms with Gasteiger partial charge in [0.05, 0.1) is 24.8 Å². The number of ketones is 2. The smallest absolute Gasteiger partial charge is 0.184 e. The van der Waals surface area contributed by atoms with Crippen LogP contribution < -0.4 is 5.32 Å². The van der Waals surface area contributed by atoms with Crippen LogP contribution in [0.4, 0.5) is 5.13 Å². The number of anilines is 1. The summed E-state index contributed by atoms with van der Waals surface area (Å²) in [6.07, 6.45) is 9.31. The molecule has 0 saturated carbocycles. The number of hydrogen-bond acceptors (Lipinski definition) is 8. The fourth-order valence-corrected chi connectivity index (χ4v) is 5.14. The molecule has 2 aliphatic rings. The molecular formula is C23H23N3O4S. The Morgan fingerprint density at radius 2 is 2.10 bits per heavy atom. The first-order valence-corrected chi connectivity index (χ1v) is 11.4. The Morgan fingerprint density at radius 1 is 1.23 bits per heavy atom. The standard InChI is InChI=1S/C23H23N3O4S/c27-19(17-10-15-2-1-3-18(15)24-11-17)12-25-23-26-20(16-6-9-30-13-16)22(31-23)21(28)14-4-7-29-8-5-14/h6,9-11,13-14H,1-5,7-8,12H2,(H,25,26). The number of fused-ring (bicyclic) bond motifs is 1. The van der Waals surface area contributed by atoms with Crippen molar-refractivity contribution >= 4 is 28.0 Å². The van der Waals surface area contributed by atoms with Crippen molar-refractivity contribution in [3.8, 4) is 11.3 Å². The molecule has 0 amide bonds. The Balaban J connectivity index is 1.34. The van der Waals surface area contributed by atoms with E-state index < -0.39 is 0 Å². The number of pyridine rings is 1. The molecule has 31 heavy (non-hydrogen) atoms. The quantitative estimate of drug-likeness (QED) is 0.554. The van der Waals surface area contributed by atoms with E-state index >= 15 is 0 Å². The van der Waals surface area contributed by atoms with Gasteiger partial charge in [-0.05, 0) is 49.8 Å². The molecule has 8 heteroatoms. The third-order valence-corrected chi connectivity index (χ3v) is 6.91. The van der Waals surface area contributed by atoms with Crippen LogP contribution in [0.25, 0.3) is 11.3 Å². The zero-order valence-corrected chi connectivity index (χ0v) is 17.9. The number of rotatable bonds is 7. The Labute approximate surface area is 183 Å². The van der Waals surface area contributed by atoms with Gasteiger partial charge in [0.2, 0.25) is 0 Å². The zero-order valence-electron chi connectivity index (χ0n) is 17.1. The molecule has 1 aliphatic carbocycles. The highest BCUT2D eigenvalue weighted by atomic mass is 32.1. The number of nitrogens with one attached hydrogen (secondary N) is 1. The lowest BCUT2D eigenvalue weighted by Crippen LogP contribution is -2.23. The van der Waals surface area contributed by atoms with Gasteiger partial charge in [0, 0.05) is 42.1 Å². The average molecular weight is 438 g/mol. The number of furan rings is 1. The third kappa shape index (κ3) is 4.18. The number of ether oxygens (including phenoxy) is 1. The van der Waals surface area contributed by atoms with E-state index in [1.54, 1.807) is 24.8 Å². The highest BCUT2D eigenvalue weighted by Gasteiger charge is 2.28. The van der Waals surface area contributed by atoms with Gasteiger partial charge in [0.15, 0.2) is 16.7 Å². The molecule has 1 saturated heterocycles. The van der Waals surface area contributed by atoms with E-state index in [2.05, 4.69) is 15.3 Å². The summed E-state index contributed by atoms with van der Waals surface area (Å²) in [4.78, 5) is 35.5. The van der Waals surface area contributed by atoms with Gasteiger partial charge >= 0.3 is 0 Å². The van der Waals surface area contributed by atoms with Crippen molar-refractivity contribution in [2.24, 2.45) is 5.92 Å². The molecule has 0 atom stereocenters. The minimum atomic E-state index is -0.0631. The molecule has 4 heterocycles. The maximum absolute atomic E-state index is 13.2. The van der Waals surface area contributed by atoms with Crippen LogP contribution in [-0.4, -0.2) is 41.3 Å². The van der Waals surface area contributed by atoms with Gasteiger partial charge in [0.25, 0.3) is 0 Å². The highest BCUT2D eigenvalue weighted by molar-refractivity contribution is 7.18. The second-order valence-electron chi connectivity index (χ2n) is 7.92. The number of Topliss-reactive ketones (excluding diaryl/α,β-unsaturated/α-hetero) is 2. The van der Waals surface area contributed by atoms with Gasteiger partial charge in [-0.25, -0.2) is 4.98 Å². The van der Waals surface area contributed by atoms with Crippen molar-refractivity contribution in [2.45, 2.75) is 32.1 Å². The zero-order chi connectivity index (χ0) is 21.2. The van der Waals surface area contributed by atoms with E-state index in [0.29, 0.717) is 47.3 Å². The Hall–Kier alpha value is -2.84. The fourth-order valence-electron chi connectivity index (χ4n) is 4.14. The molecule has 7 nitrogen and oxygen atoms in total. The number of thiazole rings is 1. The number of nitrogens with zero attached hydrogens (tertiary/aromatic N) is 2. The molecule has 3 aromatic rings. The number of aryl methyl sites for hydroxylation is 2. The molecular weight excluding hydrogens is 414 g/mol. The molecule has 5 rings (SSSR count). The second kappa shape index (κ2) is 8.72. The van der Waals surface area contributed by atoms with Crippen molar-refractivity contribution in [2.75, 3.05) is 25.1 Å². The molecule has 1 fully saturated rings. The van der Waals surface area contributed by atoms with Crippen LogP contribution in [0.3, 0.4) is 0 Å². The van der Waals surface area contributed by atoms with E-state index in [9.17, 15) is 9.59 Å². The predicted octanol–water partition coefficient (Wildman–Crippen LogP) is 4.19. The minimum absolute atomic E-state index is 0.0421. The summed E-state index contributed by atoms with van der Waals surface area (Å²) >= 11 is 1.29. The van der Waals surface area contributed by atoms with E-state index in [1.807, 2.05) is 6.07 Å². The summed E-state index contributed by atoms with van der Waals surface area (Å²) in [7, 11) is 0. The SMILES string of the molecule is O=C(CNc1nc(-c2ccoc2)c(C(=O)C2CCOCC2)s1)c1cnc2c(c1)CCC2. The van der Waals surface area contributed by atoms with Crippen LogP contribution in [0.15, 0.2) is 35.3 Å².